The molecule has 2 aromatic carbocycles. The number of unbranched alkanes of at least 4 members (excludes halogenated alkanes) is 1. The molecule has 5 nitrogen and oxygen atoms in total. The van der Waals surface area contributed by atoms with Crippen LogP contribution in [0.5, 0.6) is 5.75 Å². The first-order valence-electron chi connectivity index (χ1n) is 7.98. The maximum absolute atomic E-state index is 12.3. The fourth-order valence-corrected chi connectivity index (χ4v) is 2.21. The van der Waals surface area contributed by atoms with Gasteiger partial charge in [0.25, 0.3) is 5.91 Å². The summed E-state index contributed by atoms with van der Waals surface area (Å²) in [6, 6.07) is 14.0. The van der Waals surface area contributed by atoms with E-state index >= 15 is 0 Å². The summed E-state index contributed by atoms with van der Waals surface area (Å²) in [7, 11) is 1.56. The normalized spacial score (nSPS) is 10.1. The van der Waals surface area contributed by atoms with E-state index < -0.39 is 0 Å². The van der Waals surface area contributed by atoms with E-state index in [9.17, 15) is 9.59 Å². The second-order valence-corrected chi connectivity index (χ2v) is 5.38. The molecule has 0 fully saturated rings. The molecule has 0 bridgehead atoms. The Kier molecular flexibility index (Phi) is 6.37. The molecule has 5 heteroatoms. The maximum atomic E-state index is 12.3. The summed E-state index contributed by atoms with van der Waals surface area (Å²) in [6.45, 7) is 2.04. The highest BCUT2D eigenvalue weighted by atomic mass is 16.5. The van der Waals surface area contributed by atoms with Gasteiger partial charge in [-0.05, 0) is 42.8 Å². The second-order valence-electron chi connectivity index (χ2n) is 5.38. The molecule has 126 valence electrons. The summed E-state index contributed by atoms with van der Waals surface area (Å²) in [6.07, 6.45) is 2.35. The summed E-state index contributed by atoms with van der Waals surface area (Å²) in [5.74, 6) is 0.358. The first-order valence-corrected chi connectivity index (χ1v) is 7.98. The van der Waals surface area contributed by atoms with E-state index in [2.05, 4.69) is 10.6 Å². The number of hydrogen-bond donors (Lipinski definition) is 2. The number of carbonyl (C=O) groups excluding carboxylic acids is 2. The predicted octanol–water partition coefficient (Wildman–Crippen LogP) is 4.08. The topological polar surface area (TPSA) is 67.4 Å². The Labute approximate surface area is 142 Å². The molecule has 0 aliphatic heterocycles. The third-order valence-electron chi connectivity index (χ3n) is 3.54. The maximum Gasteiger partial charge on any atom is 0.255 e. The van der Waals surface area contributed by atoms with Gasteiger partial charge >= 0.3 is 0 Å². The van der Waals surface area contributed by atoms with Crippen molar-refractivity contribution in [2.45, 2.75) is 26.2 Å². The van der Waals surface area contributed by atoms with Crippen molar-refractivity contribution in [1.82, 2.24) is 0 Å². The Hall–Kier alpha value is -2.82. The number of nitrogens with one attached hydrogen (secondary N) is 2. The van der Waals surface area contributed by atoms with Crippen LogP contribution in [0, 0.1) is 0 Å². The highest BCUT2D eigenvalue weighted by Crippen LogP contribution is 2.23. The van der Waals surface area contributed by atoms with E-state index in [-0.39, 0.29) is 11.8 Å². The molecule has 0 heterocycles. The molecule has 0 spiro atoms. The fraction of sp³-hybridized carbons (Fsp3) is 0.263. The summed E-state index contributed by atoms with van der Waals surface area (Å²) in [5, 5.41) is 5.63. The van der Waals surface area contributed by atoms with Gasteiger partial charge in [-0.3, -0.25) is 9.59 Å². The Bertz CT molecular complexity index is 696. The average molecular weight is 326 g/mol. The SMILES string of the molecule is CCCCC(=O)Nc1ccc(C(=O)Nc2ccccc2OC)cc1. The van der Waals surface area contributed by atoms with Gasteiger partial charge in [-0.15, -0.1) is 0 Å². The molecule has 0 radical (unpaired) electrons. The number of carbonyl (C=O) groups is 2. The lowest BCUT2D eigenvalue weighted by Crippen LogP contribution is -2.13. The van der Waals surface area contributed by atoms with Crippen LogP contribution in [0.3, 0.4) is 0 Å². The number of hydrogen-bond acceptors (Lipinski definition) is 3. The zero-order valence-electron chi connectivity index (χ0n) is 14.0. The lowest BCUT2D eigenvalue weighted by molar-refractivity contribution is -0.116. The van der Waals surface area contributed by atoms with Crippen LogP contribution in [0.2, 0.25) is 0 Å². The Morgan fingerprint density at radius 1 is 1.00 bits per heavy atom. The van der Waals surface area contributed by atoms with Crippen molar-refractivity contribution in [1.29, 1.82) is 0 Å². The summed E-state index contributed by atoms with van der Waals surface area (Å²) < 4.78 is 5.21. The molecule has 0 saturated heterocycles. The predicted molar refractivity (Wildman–Crippen MR) is 95.5 cm³/mol. The van der Waals surface area contributed by atoms with E-state index in [4.69, 9.17) is 4.74 Å². The highest BCUT2D eigenvalue weighted by Gasteiger charge is 2.09. The summed E-state index contributed by atoms with van der Waals surface area (Å²) in [5.41, 5.74) is 1.80. The van der Waals surface area contributed by atoms with E-state index in [0.717, 1.165) is 12.8 Å². The molecular formula is C19H22N2O3. The first-order chi connectivity index (χ1) is 11.6. The molecule has 0 aliphatic carbocycles. The first kappa shape index (κ1) is 17.5. The third kappa shape index (κ3) is 4.84. The Morgan fingerprint density at radius 3 is 2.38 bits per heavy atom. The lowest BCUT2D eigenvalue weighted by atomic mass is 10.1. The van der Waals surface area contributed by atoms with Crippen LogP contribution in [-0.2, 0) is 4.79 Å². The number of anilines is 2. The lowest BCUT2D eigenvalue weighted by Gasteiger charge is -2.10. The smallest absolute Gasteiger partial charge is 0.255 e. The number of rotatable bonds is 7. The molecular weight excluding hydrogens is 304 g/mol. The van der Waals surface area contributed by atoms with E-state index in [1.54, 1.807) is 43.5 Å². The van der Waals surface area contributed by atoms with Crippen molar-refractivity contribution < 1.29 is 14.3 Å². The van der Waals surface area contributed by atoms with Crippen molar-refractivity contribution >= 4 is 23.2 Å². The highest BCUT2D eigenvalue weighted by molar-refractivity contribution is 6.05. The van der Waals surface area contributed by atoms with Crippen molar-refractivity contribution in [2.24, 2.45) is 0 Å². The number of para-hydroxylation sites is 2. The fourth-order valence-electron chi connectivity index (χ4n) is 2.21. The summed E-state index contributed by atoms with van der Waals surface area (Å²) in [4.78, 5) is 24.0. The van der Waals surface area contributed by atoms with Gasteiger partial charge in [-0.1, -0.05) is 25.5 Å². The quantitative estimate of drug-likeness (QED) is 0.806. The number of benzene rings is 2. The largest absolute Gasteiger partial charge is 0.495 e. The monoisotopic (exact) mass is 326 g/mol. The van der Waals surface area contributed by atoms with Crippen LogP contribution in [0.25, 0.3) is 0 Å². The van der Waals surface area contributed by atoms with Gasteiger partial charge in [0, 0.05) is 17.7 Å². The molecule has 0 saturated carbocycles. The van der Waals surface area contributed by atoms with E-state index in [1.165, 1.54) is 0 Å². The van der Waals surface area contributed by atoms with Gasteiger partial charge in [0.1, 0.15) is 5.75 Å². The molecule has 2 amide bonds. The number of methoxy groups -OCH3 is 1. The van der Waals surface area contributed by atoms with Gasteiger partial charge < -0.3 is 15.4 Å². The molecule has 2 aromatic rings. The van der Waals surface area contributed by atoms with Crippen LogP contribution >= 0.6 is 0 Å². The van der Waals surface area contributed by atoms with Crippen LogP contribution < -0.4 is 15.4 Å². The van der Waals surface area contributed by atoms with Gasteiger partial charge in [0.2, 0.25) is 5.91 Å². The van der Waals surface area contributed by atoms with Crippen molar-refractivity contribution in [3.8, 4) is 5.75 Å². The number of amides is 2. The molecule has 0 aliphatic rings. The Morgan fingerprint density at radius 2 is 1.71 bits per heavy atom. The molecule has 0 unspecified atom stereocenters. The van der Waals surface area contributed by atoms with Crippen molar-refractivity contribution in [3.63, 3.8) is 0 Å². The van der Waals surface area contributed by atoms with Gasteiger partial charge in [0.15, 0.2) is 0 Å². The van der Waals surface area contributed by atoms with Crippen LogP contribution in [0.1, 0.15) is 36.5 Å². The van der Waals surface area contributed by atoms with Gasteiger partial charge in [-0.2, -0.15) is 0 Å². The van der Waals surface area contributed by atoms with Crippen LogP contribution in [0.4, 0.5) is 11.4 Å². The molecule has 2 N–H and O–H groups in total. The number of ether oxygens (including phenoxy) is 1. The third-order valence-corrected chi connectivity index (χ3v) is 3.54. The molecule has 2 rings (SSSR count). The van der Waals surface area contributed by atoms with Gasteiger partial charge in [0.05, 0.1) is 12.8 Å². The standard InChI is InChI=1S/C19H22N2O3/c1-3-4-9-18(22)20-15-12-10-14(11-13-15)19(23)21-16-7-5-6-8-17(16)24-2/h5-8,10-13H,3-4,9H2,1-2H3,(H,20,22)(H,21,23). The van der Waals surface area contributed by atoms with E-state index in [0.29, 0.717) is 29.1 Å². The molecule has 0 aromatic heterocycles. The average Bonchev–Trinajstić information content (AvgIpc) is 2.61. The minimum absolute atomic E-state index is 0.0110. The summed E-state index contributed by atoms with van der Waals surface area (Å²) >= 11 is 0. The zero-order chi connectivity index (χ0) is 17.4. The van der Waals surface area contributed by atoms with E-state index in [1.807, 2.05) is 19.1 Å². The molecule has 0 atom stereocenters. The van der Waals surface area contributed by atoms with Gasteiger partial charge in [-0.25, -0.2) is 0 Å². The zero-order valence-corrected chi connectivity index (χ0v) is 14.0. The molecule has 24 heavy (non-hydrogen) atoms. The Balaban J connectivity index is 1.99. The van der Waals surface area contributed by atoms with Crippen LogP contribution in [-0.4, -0.2) is 18.9 Å². The van der Waals surface area contributed by atoms with Crippen molar-refractivity contribution in [3.05, 3.63) is 54.1 Å². The van der Waals surface area contributed by atoms with Crippen molar-refractivity contribution in [2.75, 3.05) is 17.7 Å². The minimum Gasteiger partial charge on any atom is -0.495 e. The van der Waals surface area contributed by atoms with Crippen LogP contribution in [0.15, 0.2) is 48.5 Å². The minimum atomic E-state index is -0.233. The second kappa shape index (κ2) is 8.72.